The minimum atomic E-state index is -0.524. The number of nitrogens with zero attached hydrogens (tertiary/aromatic N) is 1. The number of rotatable bonds is 4. The number of carbonyl (C=O) groups excluding carboxylic acids is 2. The Kier molecular flexibility index (Phi) is 5.83. The van der Waals surface area contributed by atoms with E-state index in [0.717, 1.165) is 27.9 Å². The Balaban J connectivity index is 1.52. The number of hydrogen-bond donors (Lipinski definition) is 0. The number of halogens is 1. The van der Waals surface area contributed by atoms with E-state index in [1.165, 1.54) is 0 Å². The van der Waals surface area contributed by atoms with Crippen molar-refractivity contribution in [3.05, 3.63) is 88.4 Å². The lowest BCUT2D eigenvalue weighted by Crippen LogP contribution is -2.27. The van der Waals surface area contributed by atoms with E-state index in [-0.39, 0.29) is 17.8 Å². The second-order valence-electron chi connectivity index (χ2n) is 9.12. The maximum Gasteiger partial charge on any atom is 0.313 e. The van der Waals surface area contributed by atoms with Gasteiger partial charge in [0.2, 0.25) is 0 Å². The summed E-state index contributed by atoms with van der Waals surface area (Å²) in [6.07, 6.45) is 0. The smallest absolute Gasteiger partial charge is 0.313 e. The molecular formula is C27H26ClNO3. The van der Waals surface area contributed by atoms with Gasteiger partial charge in [0.1, 0.15) is 5.60 Å². The molecule has 0 fully saturated rings. The predicted molar refractivity (Wildman–Crippen MR) is 128 cm³/mol. The molecule has 0 radical (unpaired) electrons. The summed E-state index contributed by atoms with van der Waals surface area (Å²) in [7, 11) is 0. The summed E-state index contributed by atoms with van der Waals surface area (Å²) in [5.74, 6) is -0.656. The largest absolute Gasteiger partial charge is 0.460 e. The summed E-state index contributed by atoms with van der Waals surface area (Å²) in [6.45, 7) is 7.91. The molecule has 0 spiro atoms. The standard InChI is InChI=1S/C27H26ClNO3/c1-17(26(31)32-27(2,3)4)18-7-12-23(13-8-18)29-16-21-15-20(9-14-24(21)25(29)30)19-5-10-22(28)11-6-19/h5-15,17H,16H2,1-4H3. The molecule has 0 saturated carbocycles. The topological polar surface area (TPSA) is 46.6 Å². The summed E-state index contributed by atoms with van der Waals surface area (Å²) in [4.78, 5) is 27.1. The number of anilines is 1. The molecule has 1 heterocycles. The fourth-order valence-electron chi connectivity index (χ4n) is 3.82. The average molecular weight is 448 g/mol. The van der Waals surface area contributed by atoms with Crippen molar-refractivity contribution in [3.8, 4) is 11.1 Å². The molecule has 1 atom stereocenters. The van der Waals surface area contributed by atoms with Gasteiger partial charge in [-0.3, -0.25) is 9.59 Å². The minimum Gasteiger partial charge on any atom is -0.460 e. The van der Waals surface area contributed by atoms with Crippen LogP contribution in [0.4, 0.5) is 5.69 Å². The predicted octanol–water partition coefficient (Wildman–Crippen LogP) is 6.61. The first-order valence-electron chi connectivity index (χ1n) is 10.7. The first kappa shape index (κ1) is 22.1. The van der Waals surface area contributed by atoms with E-state index < -0.39 is 5.60 Å². The van der Waals surface area contributed by atoms with E-state index in [4.69, 9.17) is 16.3 Å². The molecule has 32 heavy (non-hydrogen) atoms. The number of hydrogen-bond acceptors (Lipinski definition) is 3. The zero-order valence-corrected chi connectivity index (χ0v) is 19.4. The van der Waals surface area contributed by atoms with Gasteiger partial charge in [-0.25, -0.2) is 0 Å². The van der Waals surface area contributed by atoms with Gasteiger partial charge in [-0.2, -0.15) is 0 Å². The highest BCUT2D eigenvalue weighted by Gasteiger charge is 2.29. The molecule has 4 nitrogen and oxygen atoms in total. The van der Waals surface area contributed by atoms with Crippen LogP contribution < -0.4 is 4.90 Å². The summed E-state index contributed by atoms with van der Waals surface area (Å²) >= 11 is 6.00. The zero-order chi connectivity index (χ0) is 23.0. The Morgan fingerprint density at radius 3 is 2.22 bits per heavy atom. The van der Waals surface area contributed by atoms with Gasteiger partial charge < -0.3 is 9.64 Å². The average Bonchev–Trinajstić information content (AvgIpc) is 3.08. The summed E-state index contributed by atoms with van der Waals surface area (Å²) < 4.78 is 5.49. The van der Waals surface area contributed by atoms with Gasteiger partial charge in [0.15, 0.2) is 0 Å². The third kappa shape index (κ3) is 4.56. The maximum atomic E-state index is 13.0. The van der Waals surface area contributed by atoms with Crippen LogP contribution >= 0.6 is 11.6 Å². The fourth-order valence-corrected chi connectivity index (χ4v) is 3.95. The molecule has 0 aromatic heterocycles. The second-order valence-corrected chi connectivity index (χ2v) is 9.55. The van der Waals surface area contributed by atoms with Gasteiger partial charge in [-0.15, -0.1) is 0 Å². The van der Waals surface area contributed by atoms with Crippen LogP contribution in [0.3, 0.4) is 0 Å². The Labute approximate surface area is 193 Å². The van der Waals surface area contributed by atoms with Crippen LogP contribution in [0.1, 0.15) is 55.1 Å². The SMILES string of the molecule is CC(C(=O)OC(C)(C)C)c1ccc(N2Cc3cc(-c4ccc(Cl)cc4)ccc3C2=O)cc1. The number of ether oxygens (including phenoxy) is 1. The Morgan fingerprint density at radius 1 is 0.969 bits per heavy atom. The van der Waals surface area contributed by atoms with Crippen molar-refractivity contribution in [2.24, 2.45) is 0 Å². The highest BCUT2D eigenvalue weighted by atomic mass is 35.5. The van der Waals surface area contributed by atoms with Crippen molar-refractivity contribution in [1.29, 1.82) is 0 Å². The Morgan fingerprint density at radius 2 is 1.59 bits per heavy atom. The second kappa shape index (κ2) is 8.44. The van der Waals surface area contributed by atoms with Crippen LogP contribution in [-0.4, -0.2) is 17.5 Å². The van der Waals surface area contributed by atoms with Crippen molar-refractivity contribution in [1.82, 2.24) is 0 Å². The van der Waals surface area contributed by atoms with Crippen LogP contribution in [0, 0.1) is 0 Å². The molecule has 164 valence electrons. The molecule has 0 aliphatic carbocycles. The molecule has 1 amide bonds. The third-order valence-electron chi connectivity index (χ3n) is 5.55. The van der Waals surface area contributed by atoms with Crippen molar-refractivity contribution >= 4 is 29.2 Å². The molecule has 1 aliphatic rings. The van der Waals surface area contributed by atoms with E-state index in [1.807, 2.05) is 88.4 Å². The monoisotopic (exact) mass is 447 g/mol. The lowest BCUT2D eigenvalue weighted by atomic mass is 10.0. The van der Waals surface area contributed by atoms with Crippen molar-refractivity contribution in [2.45, 2.75) is 45.8 Å². The van der Waals surface area contributed by atoms with Crippen molar-refractivity contribution < 1.29 is 14.3 Å². The van der Waals surface area contributed by atoms with Crippen LogP contribution in [-0.2, 0) is 16.1 Å². The van der Waals surface area contributed by atoms with Crippen LogP contribution in [0.15, 0.2) is 66.7 Å². The summed E-state index contributed by atoms with van der Waals surface area (Å²) in [5, 5.41) is 0.695. The normalized spacial score (nSPS) is 14.3. The van der Waals surface area contributed by atoms with E-state index in [9.17, 15) is 9.59 Å². The molecule has 0 bridgehead atoms. The van der Waals surface area contributed by atoms with Gasteiger partial charge in [0.05, 0.1) is 12.5 Å². The van der Waals surface area contributed by atoms with Gasteiger partial charge >= 0.3 is 5.97 Å². The zero-order valence-electron chi connectivity index (χ0n) is 18.7. The van der Waals surface area contributed by atoms with Crippen molar-refractivity contribution in [3.63, 3.8) is 0 Å². The van der Waals surface area contributed by atoms with E-state index in [2.05, 4.69) is 6.07 Å². The van der Waals surface area contributed by atoms with Gasteiger partial charge in [0.25, 0.3) is 5.91 Å². The number of amides is 1. The number of benzene rings is 3. The van der Waals surface area contributed by atoms with Gasteiger partial charge in [-0.1, -0.05) is 41.9 Å². The quantitative estimate of drug-likeness (QED) is 0.422. The molecule has 4 rings (SSSR count). The minimum absolute atomic E-state index is 0.0180. The van der Waals surface area contributed by atoms with E-state index in [1.54, 1.807) is 4.90 Å². The van der Waals surface area contributed by atoms with Gasteiger partial charge in [-0.05, 0) is 86.3 Å². The maximum absolute atomic E-state index is 13.0. The van der Waals surface area contributed by atoms with Crippen LogP contribution in [0.2, 0.25) is 5.02 Å². The molecule has 0 saturated heterocycles. The Hall–Kier alpha value is -3.11. The molecule has 0 N–H and O–H groups in total. The molecule has 1 aliphatic heterocycles. The molecule has 3 aromatic rings. The van der Waals surface area contributed by atoms with Crippen LogP contribution in [0.5, 0.6) is 0 Å². The first-order chi connectivity index (χ1) is 15.1. The fraction of sp³-hybridized carbons (Fsp3) is 0.259. The number of fused-ring (bicyclic) bond motifs is 1. The Bertz CT molecular complexity index is 1160. The summed E-state index contributed by atoms with van der Waals surface area (Å²) in [5.41, 5.74) is 4.96. The number of esters is 1. The molecule has 3 aromatic carbocycles. The molecule has 1 unspecified atom stereocenters. The third-order valence-corrected chi connectivity index (χ3v) is 5.80. The van der Waals surface area contributed by atoms with Crippen LogP contribution in [0.25, 0.3) is 11.1 Å². The van der Waals surface area contributed by atoms with E-state index >= 15 is 0 Å². The van der Waals surface area contributed by atoms with Gasteiger partial charge in [0, 0.05) is 16.3 Å². The highest BCUT2D eigenvalue weighted by molar-refractivity contribution is 6.30. The lowest BCUT2D eigenvalue weighted by molar-refractivity contribution is -0.156. The van der Waals surface area contributed by atoms with Crippen molar-refractivity contribution in [2.75, 3.05) is 4.90 Å². The summed E-state index contributed by atoms with van der Waals surface area (Å²) in [6, 6.07) is 21.2. The highest BCUT2D eigenvalue weighted by Crippen LogP contribution is 2.33. The first-order valence-corrected chi connectivity index (χ1v) is 11.0. The molecule has 5 heteroatoms. The van der Waals surface area contributed by atoms with E-state index in [0.29, 0.717) is 17.1 Å². The lowest BCUT2D eigenvalue weighted by Gasteiger charge is -2.23. The number of carbonyl (C=O) groups is 2. The molecular weight excluding hydrogens is 422 g/mol.